The molecule has 162 valence electrons. The predicted octanol–water partition coefficient (Wildman–Crippen LogP) is 8.24. The lowest BCUT2D eigenvalue weighted by atomic mass is 9.77. The molecule has 0 amide bonds. The summed E-state index contributed by atoms with van der Waals surface area (Å²) in [6.07, 6.45) is 15.1. The first-order valence-electron chi connectivity index (χ1n) is 12.0. The highest BCUT2D eigenvalue weighted by atomic mass is 16.5. The fourth-order valence-corrected chi connectivity index (χ4v) is 4.66. The van der Waals surface area contributed by atoms with Crippen molar-refractivity contribution in [3.8, 4) is 5.75 Å². The van der Waals surface area contributed by atoms with Crippen LogP contribution in [0.4, 0.5) is 0 Å². The number of carbonyl (C=O) groups is 1. The quantitative estimate of drug-likeness (QED) is 0.225. The van der Waals surface area contributed by atoms with Gasteiger partial charge in [-0.15, -0.1) is 0 Å². The first-order valence-corrected chi connectivity index (χ1v) is 12.0. The molecule has 1 aliphatic rings. The van der Waals surface area contributed by atoms with Crippen LogP contribution in [-0.4, -0.2) is 5.97 Å². The lowest BCUT2D eigenvalue weighted by molar-refractivity contribution is 0.0734. The van der Waals surface area contributed by atoms with Crippen molar-refractivity contribution < 1.29 is 9.53 Å². The van der Waals surface area contributed by atoms with E-state index in [9.17, 15) is 4.79 Å². The highest BCUT2D eigenvalue weighted by Crippen LogP contribution is 2.37. The first-order chi connectivity index (χ1) is 14.7. The molecule has 0 unspecified atom stereocenters. The average Bonchev–Trinajstić information content (AvgIpc) is 2.78. The third-order valence-electron chi connectivity index (χ3n) is 6.66. The molecule has 0 N–H and O–H groups in total. The molecule has 0 heterocycles. The highest BCUT2D eigenvalue weighted by Gasteiger charge is 2.22. The number of benzene rings is 2. The standard InChI is InChI=1S/C28H38O2/c1-3-4-5-6-7-8-9-23-12-14-24(15-13-23)25-16-18-26(19-17-25)28(29)30-27-20-10-22(2)11-21-27/h10-11,16-21,23-24H,3-9,12-15H2,1-2H3. The maximum atomic E-state index is 12.4. The summed E-state index contributed by atoms with van der Waals surface area (Å²) in [5.74, 6) is 1.88. The Labute approximate surface area is 183 Å². The zero-order valence-corrected chi connectivity index (χ0v) is 18.9. The van der Waals surface area contributed by atoms with Gasteiger partial charge in [0.15, 0.2) is 0 Å². The fourth-order valence-electron chi connectivity index (χ4n) is 4.66. The number of rotatable bonds is 10. The third kappa shape index (κ3) is 7.00. The van der Waals surface area contributed by atoms with Crippen LogP contribution in [0.3, 0.4) is 0 Å². The molecule has 0 spiro atoms. The van der Waals surface area contributed by atoms with E-state index in [0.29, 0.717) is 17.2 Å². The van der Waals surface area contributed by atoms with Crippen LogP contribution in [0.25, 0.3) is 0 Å². The van der Waals surface area contributed by atoms with Crippen molar-refractivity contribution in [2.24, 2.45) is 5.92 Å². The monoisotopic (exact) mass is 406 g/mol. The number of hydrogen-bond acceptors (Lipinski definition) is 2. The summed E-state index contributed by atoms with van der Waals surface area (Å²) in [5.41, 5.74) is 3.15. The topological polar surface area (TPSA) is 26.3 Å². The number of ether oxygens (including phenoxy) is 1. The second-order valence-corrected chi connectivity index (χ2v) is 9.10. The van der Waals surface area contributed by atoms with Gasteiger partial charge in [-0.05, 0) is 74.3 Å². The Balaban J connectivity index is 1.41. The maximum Gasteiger partial charge on any atom is 0.343 e. The van der Waals surface area contributed by atoms with Crippen molar-refractivity contribution in [1.29, 1.82) is 0 Å². The molecule has 0 aromatic heterocycles. The molecule has 0 saturated heterocycles. The van der Waals surface area contributed by atoms with Crippen LogP contribution in [0.2, 0.25) is 0 Å². The molecule has 0 atom stereocenters. The fraction of sp³-hybridized carbons (Fsp3) is 0.536. The van der Waals surface area contributed by atoms with E-state index in [2.05, 4.69) is 19.1 Å². The van der Waals surface area contributed by atoms with Crippen LogP contribution in [0.5, 0.6) is 5.75 Å². The summed E-state index contributed by atoms with van der Waals surface area (Å²) in [7, 11) is 0. The lowest BCUT2D eigenvalue weighted by Gasteiger charge is -2.29. The molecule has 2 nitrogen and oxygen atoms in total. The van der Waals surface area contributed by atoms with Crippen molar-refractivity contribution in [2.45, 2.75) is 90.4 Å². The average molecular weight is 407 g/mol. The molecule has 0 bridgehead atoms. The van der Waals surface area contributed by atoms with E-state index in [0.717, 1.165) is 11.5 Å². The molecule has 1 saturated carbocycles. The highest BCUT2D eigenvalue weighted by molar-refractivity contribution is 5.91. The van der Waals surface area contributed by atoms with Crippen molar-refractivity contribution in [1.82, 2.24) is 0 Å². The van der Waals surface area contributed by atoms with Gasteiger partial charge >= 0.3 is 5.97 Å². The molecular weight excluding hydrogens is 368 g/mol. The van der Waals surface area contributed by atoms with Gasteiger partial charge in [0, 0.05) is 0 Å². The second-order valence-electron chi connectivity index (χ2n) is 9.10. The van der Waals surface area contributed by atoms with Crippen molar-refractivity contribution in [2.75, 3.05) is 0 Å². The molecular formula is C28H38O2. The lowest BCUT2D eigenvalue weighted by Crippen LogP contribution is -2.14. The molecule has 2 aromatic rings. The van der Waals surface area contributed by atoms with Gasteiger partial charge in [-0.1, -0.05) is 81.7 Å². The Bertz CT molecular complexity index is 752. The van der Waals surface area contributed by atoms with E-state index < -0.39 is 0 Å². The largest absolute Gasteiger partial charge is 0.423 e. The van der Waals surface area contributed by atoms with Gasteiger partial charge in [0.05, 0.1) is 5.56 Å². The minimum atomic E-state index is -0.284. The van der Waals surface area contributed by atoms with E-state index in [1.165, 1.54) is 76.2 Å². The van der Waals surface area contributed by atoms with Crippen LogP contribution in [0.1, 0.15) is 105 Å². The normalized spacial score (nSPS) is 18.9. The Kier molecular flexibility index (Phi) is 8.99. The number of esters is 1. The molecule has 2 heteroatoms. The van der Waals surface area contributed by atoms with E-state index in [1.54, 1.807) is 0 Å². The van der Waals surface area contributed by atoms with Crippen LogP contribution < -0.4 is 4.74 Å². The van der Waals surface area contributed by atoms with Gasteiger partial charge in [-0.2, -0.15) is 0 Å². The van der Waals surface area contributed by atoms with Gasteiger partial charge in [-0.25, -0.2) is 4.79 Å². The molecule has 3 rings (SSSR count). The van der Waals surface area contributed by atoms with Crippen LogP contribution in [-0.2, 0) is 0 Å². The minimum absolute atomic E-state index is 0.284. The van der Waals surface area contributed by atoms with Crippen molar-refractivity contribution >= 4 is 5.97 Å². The Morgan fingerprint density at radius 2 is 1.47 bits per heavy atom. The maximum absolute atomic E-state index is 12.4. The number of carbonyl (C=O) groups excluding carboxylic acids is 1. The summed E-state index contributed by atoms with van der Waals surface area (Å²) in [5, 5.41) is 0. The van der Waals surface area contributed by atoms with Gasteiger partial charge in [0.2, 0.25) is 0 Å². The van der Waals surface area contributed by atoms with Crippen LogP contribution in [0.15, 0.2) is 48.5 Å². The van der Waals surface area contributed by atoms with E-state index in [-0.39, 0.29) is 5.97 Å². The second kappa shape index (κ2) is 11.9. The summed E-state index contributed by atoms with van der Waals surface area (Å²) in [6.45, 7) is 4.30. The molecule has 0 aliphatic heterocycles. The zero-order valence-electron chi connectivity index (χ0n) is 18.9. The van der Waals surface area contributed by atoms with Crippen molar-refractivity contribution in [3.05, 3.63) is 65.2 Å². The van der Waals surface area contributed by atoms with Gasteiger partial charge < -0.3 is 4.74 Å². The van der Waals surface area contributed by atoms with Crippen LogP contribution >= 0.6 is 0 Å². The first kappa shape index (κ1) is 22.6. The number of unbranched alkanes of at least 4 members (excludes halogenated alkanes) is 5. The van der Waals surface area contributed by atoms with Gasteiger partial charge in [0.1, 0.15) is 5.75 Å². The van der Waals surface area contributed by atoms with Crippen LogP contribution in [0, 0.1) is 12.8 Å². The SMILES string of the molecule is CCCCCCCCC1CCC(c2ccc(C(=O)Oc3ccc(C)cc3)cc2)CC1. The summed E-state index contributed by atoms with van der Waals surface area (Å²) in [6, 6.07) is 15.7. The molecule has 0 radical (unpaired) electrons. The summed E-state index contributed by atoms with van der Waals surface area (Å²) in [4.78, 5) is 12.4. The van der Waals surface area contributed by atoms with E-state index in [4.69, 9.17) is 4.74 Å². The predicted molar refractivity (Wildman–Crippen MR) is 125 cm³/mol. The summed E-state index contributed by atoms with van der Waals surface area (Å²) < 4.78 is 5.48. The zero-order chi connectivity index (χ0) is 21.2. The Hall–Kier alpha value is -2.09. The number of aryl methyl sites for hydroxylation is 1. The van der Waals surface area contributed by atoms with E-state index >= 15 is 0 Å². The molecule has 2 aromatic carbocycles. The molecule has 30 heavy (non-hydrogen) atoms. The Morgan fingerprint density at radius 1 is 0.833 bits per heavy atom. The van der Waals surface area contributed by atoms with E-state index in [1.807, 2.05) is 43.3 Å². The van der Waals surface area contributed by atoms with Gasteiger partial charge in [-0.3, -0.25) is 0 Å². The number of hydrogen-bond donors (Lipinski definition) is 0. The van der Waals surface area contributed by atoms with Gasteiger partial charge in [0.25, 0.3) is 0 Å². The third-order valence-corrected chi connectivity index (χ3v) is 6.66. The molecule has 1 aliphatic carbocycles. The van der Waals surface area contributed by atoms with Crippen molar-refractivity contribution in [3.63, 3.8) is 0 Å². The smallest absolute Gasteiger partial charge is 0.343 e. The Morgan fingerprint density at radius 3 is 2.13 bits per heavy atom. The molecule has 1 fully saturated rings. The minimum Gasteiger partial charge on any atom is -0.423 e. The summed E-state index contributed by atoms with van der Waals surface area (Å²) >= 11 is 0.